The molecule has 2 heterocycles. The van der Waals surface area contributed by atoms with Gasteiger partial charge in [-0.15, -0.1) is 0 Å². The fourth-order valence-electron chi connectivity index (χ4n) is 2.94. The standard InChI is InChI=1S/C15H20N2O/c1-3-15(9-16)8-11-7-10(2)13-12(14(11)18-15)5-4-6-17-13/h4-5,7,17H,3,6,8-9,16H2,1-2H3. The molecular formula is C15H20N2O. The highest BCUT2D eigenvalue weighted by molar-refractivity contribution is 5.79. The summed E-state index contributed by atoms with van der Waals surface area (Å²) in [6.45, 7) is 5.76. The molecule has 1 unspecified atom stereocenters. The van der Waals surface area contributed by atoms with Gasteiger partial charge in [0, 0.05) is 30.8 Å². The Labute approximate surface area is 108 Å². The summed E-state index contributed by atoms with van der Waals surface area (Å²) < 4.78 is 6.23. The number of rotatable bonds is 2. The van der Waals surface area contributed by atoms with Gasteiger partial charge in [-0.3, -0.25) is 0 Å². The molecule has 0 spiro atoms. The van der Waals surface area contributed by atoms with Crippen LogP contribution in [0.5, 0.6) is 5.75 Å². The second-order valence-corrected chi connectivity index (χ2v) is 5.27. The summed E-state index contributed by atoms with van der Waals surface area (Å²) in [5, 5.41) is 3.43. The molecule has 18 heavy (non-hydrogen) atoms. The molecule has 1 atom stereocenters. The van der Waals surface area contributed by atoms with E-state index in [1.165, 1.54) is 22.4 Å². The first-order chi connectivity index (χ1) is 8.69. The lowest BCUT2D eigenvalue weighted by Gasteiger charge is -2.26. The first-order valence-corrected chi connectivity index (χ1v) is 6.65. The Morgan fingerprint density at radius 1 is 1.50 bits per heavy atom. The van der Waals surface area contributed by atoms with Gasteiger partial charge in [-0.2, -0.15) is 0 Å². The average molecular weight is 244 g/mol. The number of ether oxygens (including phenoxy) is 1. The molecule has 0 fully saturated rings. The van der Waals surface area contributed by atoms with Gasteiger partial charge in [0.1, 0.15) is 11.4 Å². The normalized spacial score (nSPS) is 24.2. The molecule has 1 aromatic rings. The zero-order valence-corrected chi connectivity index (χ0v) is 11.0. The van der Waals surface area contributed by atoms with Crippen molar-refractivity contribution >= 4 is 11.8 Å². The molecule has 3 rings (SSSR count). The van der Waals surface area contributed by atoms with Crippen molar-refractivity contribution < 1.29 is 4.74 Å². The van der Waals surface area contributed by atoms with Crippen LogP contribution in [0.15, 0.2) is 12.1 Å². The third-order valence-corrected chi connectivity index (χ3v) is 4.12. The smallest absolute Gasteiger partial charge is 0.132 e. The molecule has 0 bridgehead atoms. The van der Waals surface area contributed by atoms with E-state index in [0.29, 0.717) is 6.54 Å². The molecular weight excluding hydrogens is 224 g/mol. The molecule has 3 heteroatoms. The van der Waals surface area contributed by atoms with Crippen molar-refractivity contribution in [1.82, 2.24) is 0 Å². The Kier molecular flexibility index (Phi) is 2.59. The summed E-state index contributed by atoms with van der Waals surface area (Å²) in [7, 11) is 0. The van der Waals surface area contributed by atoms with Crippen LogP contribution < -0.4 is 15.8 Å². The lowest BCUT2D eigenvalue weighted by molar-refractivity contribution is 0.0993. The maximum atomic E-state index is 6.23. The predicted molar refractivity (Wildman–Crippen MR) is 75.1 cm³/mol. The molecule has 0 saturated carbocycles. The first-order valence-electron chi connectivity index (χ1n) is 6.65. The summed E-state index contributed by atoms with van der Waals surface area (Å²) >= 11 is 0. The second kappa shape index (κ2) is 4.02. The SMILES string of the molecule is CCC1(CN)Cc2cc(C)c3c(c2O1)C=CCN3. The topological polar surface area (TPSA) is 47.3 Å². The van der Waals surface area contributed by atoms with E-state index in [4.69, 9.17) is 10.5 Å². The third-order valence-electron chi connectivity index (χ3n) is 4.12. The number of hydrogen-bond donors (Lipinski definition) is 2. The highest BCUT2D eigenvalue weighted by Crippen LogP contribution is 2.44. The number of anilines is 1. The van der Waals surface area contributed by atoms with Gasteiger partial charge in [-0.05, 0) is 24.5 Å². The van der Waals surface area contributed by atoms with Gasteiger partial charge in [-0.25, -0.2) is 0 Å². The minimum absolute atomic E-state index is 0.199. The molecule has 2 aliphatic heterocycles. The second-order valence-electron chi connectivity index (χ2n) is 5.27. The van der Waals surface area contributed by atoms with Crippen molar-refractivity contribution in [3.8, 4) is 5.75 Å². The summed E-state index contributed by atoms with van der Waals surface area (Å²) in [5.41, 5.74) is 10.7. The van der Waals surface area contributed by atoms with Crippen molar-refractivity contribution in [2.75, 3.05) is 18.4 Å². The van der Waals surface area contributed by atoms with E-state index in [2.05, 4.69) is 37.4 Å². The summed E-state index contributed by atoms with van der Waals surface area (Å²) in [4.78, 5) is 0. The number of nitrogens with one attached hydrogen (secondary N) is 1. The van der Waals surface area contributed by atoms with E-state index in [0.717, 1.165) is 25.1 Å². The Morgan fingerprint density at radius 3 is 3.06 bits per heavy atom. The van der Waals surface area contributed by atoms with E-state index in [1.54, 1.807) is 0 Å². The molecule has 3 N–H and O–H groups in total. The van der Waals surface area contributed by atoms with E-state index < -0.39 is 0 Å². The number of fused-ring (bicyclic) bond motifs is 3. The van der Waals surface area contributed by atoms with Crippen LogP contribution in [0.2, 0.25) is 0 Å². The van der Waals surface area contributed by atoms with Gasteiger partial charge in [0.15, 0.2) is 0 Å². The molecule has 0 saturated heterocycles. The molecule has 1 aromatic carbocycles. The quantitative estimate of drug-likeness (QED) is 0.840. The van der Waals surface area contributed by atoms with Gasteiger partial charge in [0.05, 0.1) is 0 Å². The molecule has 2 aliphatic rings. The Bertz CT molecular complexity index is 516. The van der Waals surface area contributed by atoms with E-state index in [9.17, 15) is 0 Å². The highest BCUT2D eigenvalue weighted by Gasteiger charge is 2.38. The molecule has 0 aromatic heterocycles. The number of nitrogens with two attached hydrogens (primary N) is 1. The lowest BCUT2D eigenvalue weighted by atomic mass is 9.92. The van der Waals surface area contributed by atoms with Gasteiger partial charge < -0.3 is 15.8 Å². The predicted octanol–water partition coefficient (Wildman–Crippen LogP) is 2.48. The third kappa shape index (κ3) is 1.54. The van der Waals surface area contributed by atoms with Crippen LogP contribution in [0.4, 0.5) is 5.69 Å². The average Bonchev–Trinajstić information content (AvgIpc) is 2.79. The molecule has 0 amide bonds. The van der Waals surface area contributed by atoms with E-state index in [-0.39, 0.29) is 5.60 Å². The van der Waals surface area contributed by atoms with Crippen LogP contribution >= 0.6 is 0 Å². The molecule has 96 valence electrons. The maximum Gasteiger partial charge on any atom is 0.132 e. The fraction of sp³-hybridized carbons (Fsp3) is 0.467. The lowest BCUT2D eigenvalue weighted by Crippen LogP contribution is -2.41. The number of benzene rings is 1. The highest BCUT2D eigenvalue weighted by atomic mass is 16.5. The van der Waals surface area contributed by atoms with Crippen LogP contribution in [0.3, 0.4) is 0 Å². The Morgan fingerprint density at radius 2 is 2.33 bits per heavy atom. The number of aryl methyl sites for hydroxylation is 1. The fourth-order valence-corrected chi connectivity index (χ4v) is 2.94. The zero-order chi connectivity index (χ0) is 12.8. The van der Waals surface area contributed by atoms with Crippen LogP contribution in [-0.4, -0.2) is 18.7 Å². The Balaban J connectivity index is 2.12. The van der Waals surface area contributed by atoms with Crippen LogP contribution in [0.25, 0.3) is 6.08 Å². The first kappa shape index (κ1) is 11.6. The molecule has 3 nitrogen and oxygen atoms in total. The van der Waals surface area contributed by atoms with Crippen LogP contribution in [0.1, 0.15) is 30.0 Å². The largest absolute Gasteiger partial charge is 0.485 e. The van der Waals surface area contributed by atoms with Crippen molar-refractivity contribution in [3.05, 3.63) is 28.8 Å². The monoisotopic (exact) mass is 244 g/mol. The Hall–Kier alpha value is -1.48. The minimum Gasteiger partial charge on any atom is -0.485 e. The van der Waals surface area contributed by atoms with Gasteiger partial charge in [-0.1, -0.05) is 25.1 Å². The van der Waals surface area contributed by atoms with E-state index >= 15 is 0 Å². The molecule has 0 aliphatic carbocycles. The van der Waals surface area contributed by atoms with Crippen molar-refractivity contribution in [2.45, 2.75) is 32.3 Å². The van der Waals surface area contributed by atoms with Crippen molar-refractivity contribution in [3.63, 3.8) is 0 Å². The maximum absolute atomic E-state index is 6.23. The van der Waals surface area contributed by atoms with Crippen molar-refractivity contribution in [2.24, 2.45) is 5.73 Å². The van der Waals surface area contributed by atoms with Gasteiger partial charge in [0.2, 0.25) is 0 Å². The summed E-state index contributed by atoms with van der Waals surface area (Å²) in [5.74, 6) is 1.03. The van der Waals surface area contributed by atoms with E-state index in [1.807, 2.05) is 0 Å². The van der Waals surface area contributed by atoms with Crippen LogP contribution in [0, 0.1) is 6.92 Å². The summed E-state index contributed by atoms with van der Waals surface area (Å²) in [6, 6.07) is 2.24. The van der Waals surface area contributed by atoms with Crippen molar-refractivity contribution in [1.29, 1.82) is 0 Å². The van der Waals surface area contributed by atoms with Gasteiger partial charge in [0.25, 0.3) is 0 Å². The zero-order valence-electron chi connectivity index (χ0n) is 11.0. The minimum atomic E-state index is -0.199. The van der Waals surface area contributed by atoms with Crippen LogP contribution in [-0.2, 0) is 6.42 Å². The van der Waals surface area contributed by atoms with Gasteiger partial charge >= 0.3 is 0 Å². The summed E-state index contributed by atoms with van der Waals surface area (Å²) in [6.07, 6.45) is 6.18. The number of hydrogen-bond acceptors (Lipinski definition) is 3. The molecule has 0 radical (unpaired) electrons.